The standard InChI is InChI=1S/C31H28F4N4O2/c1-19-27(15-21-3-10-26(32)11-4-21)29(37-18-36-19)39-13-14-41-28-12-9-24(16-25(28)17-39)22-5-7-23(8-6-22)30(40)38-20(2)31(33,34)35/h3-12,16,18,20H,13-15,17H2,1-2H3,(H,38,40). The fraction of sp³-hybridized carbons (Fsp3) is 0.258. The summed E-state index contributed by atoms with van der Waals surface area (Å²) >= 11 is 0. The van der Waals surface area contributed by atoms with Crippen molar-refractivity contribution in [3.8, 4) is 16.9 Å². The molecule has 1 atom stereocenters. The van der Waals surface area contributed by atoms with Gasteiger partial charge in [0.2, 0.25) is 0 Å². The molecule has 0 bridgehead atoms. The minimum absolute atomic E-state index is 0.141. The average molecular weight is 565 g/mol. The second-order valence-electron chi connectivity index (χ2n) is 9.97. The van der Waals surface area contributed by atoms with Crippen LogP contribution in [0.25, 0.3) is 11.1 Å². The molecule has 0 saturated heterocycles. The Morgan fingerprint density at radius 3 is 2.44 bits per heavy atom. The molecule has 10 heteroatoms. The van der Waals surface area contributed by atoms with Crippen molar-refractivity contribution in [1.82, 2.24) is 15.3 Å². The number of carbonyl (C=O) groups is 1. The number of nitrogens with zero attached hydrogens (tertiary/aromatic N) is 3. The van der Waals surface area contributed by atoms with E-state index in [4.69, 9.17) is 4.74 Å². The molecular formula is C31H28F4N4O2. The number of carbonyl (C=O) groups excluding carboxylic acids is 1. The Balaban J connectivity index is 1.38. The number of halogens is 4. The monoisotopic (exact) mass is 564 g/mol. The lowest BCUT2D eigenvalue weighted by atomic mass is 10.00. The Morgan fingerprint density at radius 2 is 1.73 bits per heavy atom. The molecule has 1 aromatic heterocycles. The van der Waals surface area contributed by atoms with Crippen molar-refractivity contribution >= 4 is 11.7 Å². The van der Waals surface area contributed by atoms with Gasteiger partial charge in [-0.15, -0.1) is 0 Å². The summed E-state index contributed by atoms with van der Waals surface area (Å²) in [7, 11) is 0. The molecule has 0 fully saturated rings. The van der Waals surface area contributed by atoms with Crippen LogP contribution >= 0.6 is 0 Å². The summed E-state index contributed by atoms with van der Waals surface area (Å²) in [6, 6.07) is 16.7. The van der Waals surface area contributed by atoms with Gasteiger partial charge in [0.1, 0.15) is 36.4 Å². The van der Waals surface area contributed by atoms with Gasteiger partial charge in [-0.3, -0.25) is 4.79 Å². The normalized spacial score (nSPS) is 14.0. The summed E-state index contributed by atoms with van der Waals surface area (Å²) in [5.74, 6) is 0.455. The lowest BCUT2D eigenvalue weighted by Crippen LogP contribution is -2.43. The van der Waals surface area contributed by atoms with Crippen LogP contribution in [0.3, 0.4) is 0 Å². The van der Waals surface area contributed by atoms with Crippen LogP contribution in [-0.2, 0) is 13.0 Å². The van der Waals surface area contributed by atoms with Gasteiger partial charge in [-0.2, -0.15) is 13.2 Å². The minimum atomic E-state index is -4.51. The highest BCUT2D eigenvalue weighted by Crippen LogP contribution is 2.32. The van der Waals surface area contributed by atoms with E-state index in [9.17, 15) is 22.4 Å². The fourth-order valence-electron chi connectivity index (χ4n) is 4.70. The third-order valence-corrected chi connectivity index (χ3v) is 7.09. The van der Waals surface area contributed by atoms with Crippen molar-refractivity contribution in [2.24, 2.45) is 0 Å². The number of anilines is 1. The molecule has 1 N–H and O–H groups in total. The summed E-state index contributed by atoms with van der Waals surface area (Å²) in [4.78, 5) is 23.4. The molecule has 41 heavy (non-hydrogen) atoms. The van der Waals surface area contributed by atoms with E-state index in [2.05, 4.69) is 14.9 Å². The van der Waals surface area contributed by atoms with Crippen molar-refractivity contribution < 1.29 is 27.1 Å². The molecule has 1 amide bonds. The molecule has 1 aliphatic heterocycles. The van der Waals surface area contributed by atoms with E-state index in [0.29, 0.717) is 26.1 Å². The molecule has 0 saturated carbocycles. The molecule has 212 valence electrons. The first-order chi connectivity index (χ1) is 19.6. The van der Waals surface area contributed by atoms with Gasteiger partial charge in [0.05, 0.1) is 6.54 Å². The minimum Gasteiger partial charge on any atom is -0.491 e. The molecule has 5 rings (SSSR count). The quantitative estimate of drug-likeness (QED) is 0.280. The number of fused-ring (bicyclic) bond motifs is 1. The van der Waals surface area contributed by atoms with Gasteiger partial charge in [0.25, 0.3) is 5.91 Å². The van der Waals surface area contributed by atoms with E-state index < -0.39 is 18.1 Å². The number of nitrogens with one attached hydrogen (secondary N) is 1. The van der Waals surface area contributed by atoms with E-state index >= 15 is 0 Å². The van der Waals surface area contributed by atoms with Crippen LogP contribution in [0, 0.1) is 12.7 Å². The smallest absolute Gasteiger partial charge is 0.408 e. The fourth-order valence-corrected chi connectivity index (χ4v) is 4.70. The van der Waals surface area contributed by atoms with Gasteiger partial charge in [0, 0.05) is 35.3 Å². The third kappa shape index (κ3) is 6.48. The third-order valence-electron chi connectivity index (χ3n) is 7.09. The summed E-state index contributed by atoms with van der Waals surface area (Å²) in [5, 5.41) is 1.98. The maximum absolute atomic E-state index is 13.5. The zero-order chi connectivity index (χ0) is 29.1. The van der Waals surface area contributed by atoms with E-state index in [1.54, 1.807) is 24.3 Å². The summed E-state index contributed by atoms with van der Waals surface area (Å²) in [6.45, 7) is 4.40. The number of rotatable bonds is 6. The Labute approximate surface area is 235 Å². The van der Waals surface area contributed by atoms with Crippen molar-refractivity contribution in [2.75, 3.05) is 18.1 Å². The Kier molecular flexibility index (Phi) is 7.92. The first-order valence-corrected chi connectivity index (χ1v) is 13.1. The van der Waals surface area contributed by atoms with Gasteiger partial charge in [-0.1, -0.05) is 30.3 Å². The van der Waals surface area contributed by atoms with Crippen molar-refractivity contribution in [1.29, 1.82) is 0 Å². The van der Waals surface area contributed by atoms with Crippen LogP contribution in [-0.4, -0.2) is 41.2 Å². The van der Waals surface area contributed by atoms with Gasteiger partial charge in [-0.25, -0.2) is 14.4 Å². The number of aryl methyl sites for hydroxylation is 1. The largest absolute Gasteiger partial charge is 0.491 e. The first-order valence-electron chi connectivity index (χ1n) is 13.1. The molecular weight excluding hydrogens is 536 g/mol. The van der Waals surface area contributed by atoms with Gasteiger partial charge >= 0.3 is 6.18 Å². The zero-order valence-electron chi connectivity index (χ0n) is 22.5. The van der Waals surface area contributed by atoms with Crippen LogP contribution in [0.2, 0.25) is 0 Å². The van der Waals surface area contributed by atoms with Crippen molar-refractivity contribution in [2.45, 2.75) is 39.0 Å². The van der Waals surface area contributed by atoms with Crippen molar-refractivity contribution in [3.63, 3.8) is 0 Å². The number of aromatic nitrogens is 2. The van der Waals surface area contributed by atoms with Crippen molar-refractivity contribution in [3.05, 3.63) is 107 Å². The van der Waals surface area contributed by atoms with E-state index in [1.807, 2.05) is 30.4 Å². The van der Waals surface area contributed by atoms with E-state index in [1.165, 1.54) is 30.6 Å². The van der Waals surface area contributed by atoms with Gasteiger partial charge in [0.15, 0.2) is 0 Å². The average Bonchev–Trinajstić information content (AvgIpc) is 3.17. The number of benzene rings is 3. The molecule has 0 spiro atoms. The maximum atomic E-state index is 13.5. The predicted molar refractivity (Wildman–Crippen MR) is 147 cm³/mol. The molecule has 3 aromatic carbocycles. The van der Waals surface area contributed by atoms with Crippen LogP contribution in [0.1, 0.15) is 39.7 Å². The summed E-state index contributed by atoms with van der Waals surface area (Å²) in [6.07, 6.45) is -2.43. The lowest BCUT2D eigenvalue weighted by Gasteiger charge is -2.24. The Hall–Kier alpha value is -4.47. The highest BCUT2D eigenvalue weighted by molar-refractivity contribution is 5.95. The number of hydrogen-bond acceptors (Lipinski definition) is 5. The topological polar surface area (TPSA) is 67.3 Å². The van der Waals surface area contributed by atoms with Crippen LogP contribution in [0.15, 0.2) is 73.1 Å². The Bertz CT molecular complexity index is 1540. The molecule has 1 aliphatic rings. The molecule has 4 aromatic rings. The second-order valence-corrected chi connectivity index (χ2v) is 9.97. The van der Waals surface area contributed by atoms with Gasteiger partial charge in [-0.05, 0) is 66.9 Å². The van der Waals surface area contributed by atoms with Crippen LogP contribution in [0.4, 0.5) is 23.4 Å². The SMILES string of the molecule is Cc1ncnc(N2CCOc3ccc(-c4ccc(C(=O)NC(C)C(F)(F)F)cc4)cc3C2)c1Cc1ccc(F)cc1. The van der Waals surface area contributed by atoms with Crippen LogP contribution < -0.4 is 15.0 Å². The number of alkyl halides is 3. The van der Waals surface area contributed by atoms with E-state index in [-0.39, 0.29) is 11.4 Å². The lowest BCUT2D eigenvalue weighted by molar-refractivity contribution is -0.149. The summed E-state index contributed by atoms with van der Waals surface area (Å²) < 4.78 is 57.9. The predicted octanol–water partition coefficient (Wildman–Crippen LogP) is 6.26. The highest BCUT2D eigenvalue weighted by Gasteiger charge is 2.37. The number of ether oxygens (including phenoxy) is 1. The highest BCUT2D eigenvalue weighted by atomic mass is 19.4. The van der Waals surface area contributed by atoms with Crippen LogP contribution in [0.5, 0.6) is 5.75 Å². The second kappa shape index (κ2) is 11.6. The molecule has 2 heterocycles. The zero-order valence-corrected chi connectivity index (χ0v) is 22.5. The number of hydrogen-bond donors (Lipinski definition) is 1. The molecule has 0 radical (unpaired) electrons. The van der Waals surface area contributed by atoms with E-state index in [0.717, 1.165) is 52.0 Å². The van der Waals surface area contributed by atoms with Gasteiger partial charge < -0.3 is 15.0 Å². The molecule has 1 unspecified atom stereocenters. The molecule has 0 aliphatic carbocycles. The Morgan fingerprint density at radius 1 is 1.02 bits per heavy atom. The first kappa shape index (κ1) is 28.1. The summed E-state index contributed by atoms with van der Waals surface area (Å²) in [5.41, 5.74) is 5.49. The molecule has 6 nitrogen and oxygen atoms in total. The maximum Gasteiger partial charge on any atom is 0.408 e. The number of amides is 1.